The lowest BCUT2D eigenvalue weighted by atomic mass is 10.1. The first-order chi connectivity index (χ1) is 14.0. The molecule has 0 aliphatic rings. The molecule has 2 aromatic carbocycles. The highest BCUT2D eigenvalue weighted by atomic mass is 32.2. The van der Waals surface area contributed by atoms with E-state index in [1.807, 2.05) is 38.1 Å². The van der Waals surface area contributed by atoms with Crippen LogP contribution in [-0.4, -0.2) is 26.1 Å². The number of nitrogens with one attached hydrogen (secondary N) is 1. The van der Waals surface area contributed by atoms with E-state index in [2.05, 4.69) is 4.72 Å². The fourth-order valence-corrected chi connectivity index (χ4v) is 5.36. The van der Waals surface area contributed by atoms with E-state index in [9.17, 15) is 13.2 Å². The van der Waals surface area contributed by atoms with Crippen LogP contribution in [-0.2, 0) is 23.0 Å². The molecule has 1 aromatic heterocycles. The topological polar surface area (TPSA) is 77.4 Å². The second-order valence-electron chi connectivity index (χ2n) is 6.69. The van der Waals surface area contributed by atoms with Crippen LogP contribution >= 0.6 is 11.3 Å². The molecular formula is C21H26N2O4S2. The van der Waals surface area contributed by atoms with Crippen LogP contribution in [0.2, 0.25) is 0 Å². The van der Waals surface area contributed by atoms with Gasteiger partial charge >= 0.3 is 4.87 Å². The van der Waals surface area contributed by atoms with Crippen molar-refractivity contribution in [2.45, 2.75) is 44.6 Å². The zero-order chi connectivity index (χ0) is 20.9. The Hall–Kier alpha value is -2.16. The van der Waals surface area contributed by atoms with Gasteiger partial charge in [-0.2, -0.15) is 0 Å². The summed E-state index contributed by atoms with van der Waals surface area (Å²) in [5, 5.41) is 0. The standard InChI is InChI=1S/C21H26N2O4S2/c1-3-14-23-18-12-11-17(15-20(18)28-21(23)24)29(25,26)22-13-7-9-16-8-5-6-10-19(16)27-4-2/h5-6,8,10-12,15,22H,3-4,7,9,13-14H2,1-2H3. The summed E-state index contributed by atoms with van der Waals surface area (Å²) in [5.74, 6) is 0.842. The maximum atomic E-state index is 12.7. The second-order valence-corrected chi connectivity index (χ2v) is 9.45. The zero-order valence-electron chi connectivity index (χ0n) is 16.7. The van der Waals surface area contributed by atoms with Crippen molar-refractivity contribution < 1.29 is 13.2 Å². The lowest BCUT2D eigenvalue weighted by molar-refractivity contribution is 0.336. The minimum atomic E-state index is -3.63. The number of thiazole rings is 1. The molecule has 0 unspecified atom stereocenters. The molecule has 156 valence electrons. The average Bonchev–Trinajstić information content (AvgIpc) is 3.01. The number of sulfonamides is 1. The second kappa shape index (κ2) is 9.56. The lowest BCUT2D eigenvalue weighted by Crippen LogP contribution is -2.25. The molecule has 0 aliphatic carbocycles. The van der Waals surface area contributed by atoms with Crippen molar-refractivity contribution in [3.05, 3.63) is 57.7 Å². The predicted molar refractivity (Wildman–Crippen MR) is 117 cm³/mol. The van der Waals surface area contributed by atoms with Gasteiger partial charge in [-0.05, 0) is 56.0 Å². The summed E-state index contributed by atoms with van der Waals surface area (Å²) in [7, 11) is -3.63. The van der Waals surface area contributed by atoms with E-state index in [4.69, 9.17) is 4.74 Å². The number of para-hydroxylation sites is 1. The average molecular weight is 435 g/mol. The molecule has 3 rings (SSSR count). The van der Waals surface area contributed by atoms with Crippen molar-refractivity contribution in [3.8, 4) is 5.75 Å². The molecule has 1 heterocycles. The molecule has 0 amide bonds. The number of hydrogen-bond donors (Lipinski definition) is 1. The summed E-state index contributed by atoms with van der Waals surface area (Å²) >= 11 is 1.08. The minimum absolute atomic E-state index is 0.0580. The van der Waals surface area contributed by atoms with Gasteiger partial charge in [-0.3, -0.25) is 9.36 Å². The molecule has 1 N–H and O–H groups in total. The number of nitrogens with zero attached hydrogens (tertiary/aromatic N) is 1. The number of benzene rings is 2. The Balaban J connectivity index is 1.66. The highest BCUT2D eigenvalue weighted by Gasteiger charge is 2.16. The third-order valence-electron chi connectivity index (χ3n) is 4.58. The molecule has 3 aromatic rings. The summed E-state index contributed by atoms with van der Waals surface area (Å²) in [4.78, 5) is 12.2. The molecule has 0 saturated carbocycles. The quantitative estimate of drug-likeness (QED) is 0.493. The highest BCUT2D eigenvalue weighted by molar-refractivity contribution is 7.89. The van der Waals surface area contributed by atoms with Gasteiger partial charge in [-0.25, -0.2) is 13.1 Å². The van der Waals surface area contributed by atoms with Gasteiger partial charge in [0, 0.05) is 13.1 Å². The Kier molecular flexibility index (Phi) is 7.10. The van der Waals surface area contributed by atoms with Gasteiger partial charge < -0.3 is 4.74 Å². The van der Waals surface area contributed by atoms with Gasteiger partial charge in [0.1, 0.15) is 5.75 Å². The molecule has 0 bridgehead atoms. The van der Waals surface area contributed by atoms with Crippen LogP contribution in [0.5, 0.6) is 5.75 Å². The Morgan fingerprint density at radius 3 is 2.69 bits per heavy atom. The van der Waals surface area contributed by atoms with Crippen LogP contribution in [0.1, 0.15) is 32.3 Å². The van der Waals surface area contributed by atoms with Crippen LogP contribution in [0.15, 0.2) is 52.2 Å². The Morgan fingerprint density at radius 1 is 1.14 bits per heavy atom. The maximum absolute atomic E-state index is 12.7. The fourth-order valence-electron chi connectivity index (χ4n) is 3.22. The molecule has 6 nitrogen and oxygen atoms in total. The van der Waals surface area contributed by atoms with Crippen molar-refractivity contribution >= 4 is 31.6 Å². The first kappa shape index (κ1) is 21.5. The van der Waals surface area contributed by atoms with Crippen molar-refractivity contribution in [1.82, 2.24) is 9.29 Å². The highest BCUT2D eigenvalue weighted by Crippen LogP contribution is 2.22. The number of aryl methyl sites for hydroxylation is 2. The van der Waals surface area contributed by atoms with Crippen molar-refractivity contribution in [2.75, 3.05) is 13.2 Å². The summed E-state index contributed by atoms with van der Waals surface area (Å²) in [6.07, 6.45) is 2.23. The van der Waals surface area contributed by atoms with Crippen LogP contribution in [0, 0.1) is 0 Å². The van der Waals surface area contributed by atoms with E-state index in [0.717, 1.165) is 41.0 Å². The fraction of sp³-hybridized carbons (Fsp3) is 0.381. The molecule has 0 atom stereocenters. The van der Waals surface area contributed by atoms with Crippen LogP contribution in [0.3, 0.4) is 0 Å². The van der Waals surface area contributed by atoms with Crippen LogP contribution in [0.4, 0.5) is 0 Å². The van der Waals surface area contributed by atoms with Crippen molar-refractivity contribution in [3.63, 3.8) is 0 Å². The van der Waals surface area contributed by atoms with Crippen molar-refractivity contribution in [2.24, 2.45) is 0 Å². The SMILES string of the molecule is CCCn1c(=O)sc2cc(S(=O)(=O)NCCCc3ccccc3OCC)ccc21. The van der Waals surface area contributed by atoms with Gasteiger partial charge in [-0.15, -0.1) is 0 Å². The monoisotopic (exact) mass is 434 g/mol. The normalized spacial score (nSPS) is 11.8. The molecule has 0 aliphatic heterocycles. The van der Waals surface area contributed by atoms with Crippen LogP contribution in [0.25, 0.3) is 10.2 Å². The third kappa shape index (κ3) is 5.07. The Bertz CT molecular complexity index is 1130. The number of rotatable bonds is 10. The van der Waals surface area contributed by atoms with Gasteiger partial charge in [0.15, 0.2) is 0 Å². The molecule has 29 heavy (non-hydrogen) atoms. The number of aromatic nitrogens is 1. The third-order valence-corrected chi connectivity index (χ3v) is 6.99. The lowest BCUT2D eigenvalue weighted by Gasteiger charge is -2.10. The van der Waals surface area contributed by atoms with E-state index in [-0.39, 0.29) is 9.77 Å². The van der Waals surface area contributed by atoms with Gasteiger partial charge in [0.05, 0.1) is 21.7 Å². The number of fused-ring (bicyclic) bond motifs is 1. The maximum Gasteiger partial charge on any atom is 0.308 e. The summed E-state index contributed by atoms with van der Waals surface area (Å²) < 4.78 is 36.0. The first-order valence-electron chi connectivity index (χ1n) is 9.80. The smallest absolute Gasteiger partial charge is 0.308 e. The summed E-state index contributed by atoms with van der Waals surface area (Å²) in [6.45, 7) is 5.50. The van der Waals surface area contributed by atoms with Gasteiger partial charge in [0.25, 0.3) is 0 Å². The molecule has 0 spiro atoms. The first-order valence-corrected chi connectivity index (χ1v) is 12.1. The van der Waals surface area contributed by atoms with E-state index in [1.54, 1.807) is 22.8 Å². The van der Waals surface area contributed by atoms with E-state index < -0.39 is 10.0 Å². The predicted octanol–water partition coefficient (Wildman–Crippen LogP) is 3.78. The number of ether oxygens (including phenoxy) is 1. The van der Waals surface area contributed by atoms with Crippen molar-refractivity contribution in [1.29, 1.82) is 0 Å². The van der Waals surface area contributed by atoms with Crippen LogP contribution < -0.4 is 14.3 Å². The van der Waals surface area contributed by atoms with Gasteiger partial charge in [-0.1, -0.05) is 36.5 Å². The largest absolute Gasteiger partial charge is 0.494 e. The summed E-state index contributed by atoms with van der Waals surface area (Å²) in [5.41, 5.74) is 1.85. The molecular weight excluding hydrogens is 408 g/mol. The Morgan fingerprint density at radius 2 is 1.93 bits per heavy atom. The minimum Gasteiger partial charge on any atom is -0.494 e. The van der Waals surface area contributed by atoms with E-state index >= 15 is 0 Å². The molecule has 0 radical (unpaired) electrons. The summed E-state index contributed by atoms with van der Waals surface area (Å²) in [6, 6.07) is 12.7. The Labute approximate surface area is 175 Å². The zero-order valence-corrected chi connectivity index (χ0v) is 18.3. The van der Waals surface area contributed by atoms with E-state index in [1.165, 1.54) is 0 Å². The molecule has 0 saturated heterocycles. The molecule has 8 heteroatoms. The van der Waals surface area contributed by atoms with Gasteiger partial charge in [0.2, 0.25) is 10.0 Å². The number of hydrogen-bond acceptors (Lipinski definition) is 5. The van der Waals surface area contributed by atoms with E-state index in [0.29, 0.717) is 30.8 Å². The molecule has 0 fully saturated rings.